The number of carbonyl (C=O) groups excluding carboxylic acids is 1. The lowest BCUT2D eigenvalue weighted by Gasteiger charge is -2.26. The predicted octanol–water partition coefficient (Wildman–Crippen LogP) is 2.12. The molecule has 0 saturated carbocycles. The monoisotopic (exact) mass is 386 g/mol. The van der Waals surface area contributed by atoms with E-state index in [1.807, 2.05) is 36.5 Å². The number of benzene rings is 1. The van der Waals surface area contributed by atoms with Crippen molar-refractivity contribution in [2.75, 3.05) is 44.3 Å². The normalized spacial score (nSPS) is 20.7. The number of morpholine rings is 1. The number of amides is 1. The van der Waals surface area contributed by atoms with E-state index >= 15 is 0 Å². The lowest BCUT2D eigenvalue weighted by atomic mass is 10.1. The number of hydrogen-bond donors (Lipinski definition) is 1. The molecule has 1 amide bonds. The zero-order valence-corrected chi connectivity index (χ0v) is 16.3. The second-order valence-electron chi connectivity index (χ2n) is 7.13. The van der Waals surface area contributed by atoms with Gasteiger partial charge < -0.3 is 15.0 Å². The number of rotatable bonds is 6. The summed E-state index contributed by atoms with van der Waals surface area (Å²) in [4.78, 5) is 23.0. The van der Waals surface area contributed by atoms with E-state index in [9.17, 15) is 4.79 Å². The van der Waals surface area contributed by atoms with Crippen LogP contribution in [0.25, 0.3) is 0 Å². The Kier molecular flexibility index (Phi) is 6.01. The van der Waals surface area contributed by atoms with Crippen LogP contribution in [-0.2, 0) is 22.6 Å². The molecule has 1 aromatic heterocycles. The summed E-state index contributed by atoms with van der Waals surface area (Å²) in [6.07, 6.45) is 2.91. The van der Waals surface area contributed by atoms with Crippen molar-refractivity contribution in [1.29, 1.82) is 0 Å². The van der Waals surface area contributed by atoms with Crippen LogP contribution in [0.15, 0.2) is 36.5 Å². The molecule has 3 heterocycles. The number of hydrogen-bond acceptors (Lipinski definition) is 6. The van der Waals surface area contributed by atoms with E-state index in [1.54, 1.807) is 11.3 Å². The number of thiazole rings is 1. The Hall–Kier alpha value is -1.96. The molecule has 7 heteroatoms. The molecule has 0 spiro atoms. The quantitative estimate of drug-likeness (QED) is 0.824. The summed E-state index contributed by atoms with van der Waals surface area (Å²) < 4.78 is 5.41. The summed E-state index contributed by atoms with van der Waals surface area (Å²) in [5.41, 5.74) is 1.14. The predicted molar refractivity (Wildman–Crippen MR) is 107 cm³/mol. The summed E-state index contributed by atoms with van der Waals surface area (Å²) in [5.74, 6) is 0.250. The van der Waals surface area contributed by atoms with Gasteiger partial charge in [-0.2, -0.15) is 0 Å². The SMILES string of the molecule is O=C(NCc1ccccc1)C1CCN(Cc2cnc(N3CCOCC3)s2)C1. The third-order valence-corrected chi connectivity index (χ3v) is 6.20. The summed E-state index contributed by atoms with van der Waals surface area (Å²) >= 11 is 1.76. The Morgan fingerprint density at radius 3 is 2.85 bits per heavy atom. The fourth-order valence-electron chi connectivity index (χ4n) is 3.61. The second kappa shape index (κ2) is 8.82. The van der Waals surface area contributed by atoms with Crippen molar-refractivity contribution in [2.24, 2.45) is 5.92 Å². The third-order valence-electron chi connectivity index (χ3n) is 5.16. The van der Waals surface area contributed by atoms with Gasteiger partial charge in [-0.05, 0) is 18.5 Å². The van der Waals surface area contributed by atoms with Crippen LogP contribution in [0.5, 0.6) is 0 Å². The van der Waals surface area contributed by atoms with Crippen molar-refractivity contribution in [1.82, 2.24) is 15.2 Å². The maximum Gasteiger partial charge on any atom is 0.224 e. The first kappa shape index (κ1) is 18.4. The largest absolute Gasteiger partial charge is 0.378 e. The van der Waals surface area contributed by atoms with Gasteiger partial charge in [-0.3, -0.25) is 9.69 Å². The zero-order chi connectivity index (χ0) is 18.5. The maximum absolute atomic E-state index is 12.5. The summed E-state index contributed by atoms with van der Waals surface area (Å²) in [7, 11) is 0. The molecule has 1 N–H and O–H groups in total. The molecule has 0 bridgehead atoms. The van der Waals surface area contributed by atoms with Gasteiger partial charge in [0.15, 0.2) is 5.13 Å². The van der Waals surface area contributed by atoms with Gasteiger partial charge in [-0.1, -0.05) is 30.3 Å². The Morgan fingerprint density at radius 1 is 1.22 bits per heavy atom. The maximum atomic E-state index is 12.5. The molecule has 2 fully saturated rings. The molecular formula is C20H26N4O2S. The van der Waals surface area contributed by atoms with Crippen LogP contribution in [0, 0.1) is 5.92 Å². The Bertz CT molecular complexity index is 745. The standard InChI is InChI=1S/C20H26N4O2S/c25-19(21-12-16-4-2-1-3-5-16)17-6-7-23(14-17)15-18-13-22-20(27-18)24-8-10-26-11-9-24/h1-5,13,17H,6-12,14-15H2,(H,21,25). The number of nitrogens with one attached hydrogen (secondary N) is 1. The minimum Gasteiger partial charge on any atom is -0.378 e. The molecule has 1 unspecified atom stereocenters. The van der Waals surface area contributed by atoms with E-state index < -0.39 is 0 Å². The minimum absolute atomic E-state index is 0.0837. The van der Waals surface area contributed by atoms with Crippen LogP contribution in [0.2, 0.25) is 0 Å². The van der Waals surface area contributed by atoms with E-state index in [1.165, 1.54) is 4.88 Å². The van der Waals surface area contributed by atoms with E-state index in [4.69, 9.17) is 4.74 Å². The van der Waals surface area contributed by atoms with Gasteiger partial charge in [-0.25, -0.2) is 4.98 Å². The number of aromatic nitrogens is 1. The van der Waals surface area contributed by atoms with Gasteiger partial charge in [0.25, 0.3) is 0 Å². The van der Waals surface area contributed by atoms with Crippen LogP contribution in [0.4, 0.5) is 5.13 Å². The van der Waals surface area contributed by atoms with Crippen LogP contribution in [-0.4, -0.2) is 55.2 Å². The zero-order valence-electron chi connectivity index (χ0n) is 15.5. The van der Waals surface area contributed by atoms with Crippen molar-refractivity contribution in [3.05, 3.63) is 47.0 Å². The molecule has 4 rings (SSSR count). The number of carbonyl (C=O) groups is 1. The molecule has 2 aliphatic heterocycles. The molecule has 27 heavy (non-hydrogen) atoms. The first-order chi connectivity index (χ1) is 13.3. The van der Waals surface area contributed by atoms with Crippen LogP contribution in [0.1, 0.15) is 16.9 Å². The van der Waals surface area contributed by atoms with E-state index in [0.29, 0.717) is 6.54 Å². The highest BCUT2D eigenvalue weighted by molar-refractivity contribution is 7.15. The van der Waals surface area contributed by atoms with Crippen molar-refractivity contribution < 1.29 is 9.53 Å². The lowest BCUT2D eigenvalue weighted by molar-refractivity contribution is -0.124. The highest BCUT2D eigenvalue weighted by Gasteiger charge is 2.28. The molecule has 144 valence electrons. The van der Waals surface area contributed by atoms with Gasteiger partial charge in [0.2, 0.25) is 5.91 Å². The van der Waals surface area contributed by atoms with Gasteiger partial charge in [0.1, 0.15) is 0 Å². The van der Waals surface area contributed by atoms with Crippen molar-refractivity contribution in [3.8, 4) is 0 Å². The molecule has 0 radical (unpaired) electrons. The topological polar surface area (TPSA) is 57.7 Å². The van der Waals surface area contributed by atoms with E-state index in [2.05, 4.69) is 20.1 Å². The first-order valence-electron chi connectivity index (χ1n) is 9.59. The number of likely N-dealkylation sites (tertiary alicyclic amines) is 1. The molecule has 2 aromatic rings. The van der Waals surface area contributed by atoms with Gasteiger partial charge in [0.05, 0.1) is 19.1 Å². The summed E-state index contributed by atoms with van der Waals surface area (Å²) in [6.45, 7) is 6.67. The Labute approximate surface area is 164 Å². The van der Waals surface area contributed by atoms with Crippen LogP contribution >= 0.6 is 11.3 Å². The smallest absolute Gasteiger partial charge is 0.224 e. The number of nitrogens with zero attached hydrogens (tertiary/aromatic N) is 3. The fourth-order valence-corrected chi connectivity index (χ4v) is 4.62. The average molecular weight is 387 g/mol. The van der Waals surface area contributed by atoms with Crippen LogP contribution < -0.4 is 10.2 Å². The second-order valence-corrected chi connectivity index (χ2v) is 8.23. The molecule has 1 atom stereocenters. The molecule has 2 aliphatic rings. The molecule has 1 aromatic carbocycles. The third kappa shape index (κ3) is 4.86. The Morgan fingerprint density at radius 2 is 2.04 bits per heavy atom. The van der Waals surface area contributed by atoms with Crippen molar-refractivity contribution in [2.45, 2.75) is 19.5 Å². The molecule has 0 aliphatic carbocycles. The van der Waals surface area contributed by atoms with Gasteiger partial charge >= 0.3 is 0 Å². The molecular weight excluding hydrogens is 360 g/mol. The van der Waals surface area contributed by atoms with E-state index in [-0.39, 0.29) is 11.8 Å². The van der Waals surface area contributed by atoms with Gasteiger partial charge in [0, 0.05) is 43.8 Å². The van der Waals surface area contributed by atoms with Gasteiger partial charge in [-0.15, -0.1) is 11.3 Å². The lowest BCUT2D eigenvalue weighted by Crippen LogP contribution is -2.36. The highest BCUT2D eigenvalue weighted by Crippen LogP contribution is 2.26. The molecule has 6 nitrogen and oxygen atoms in total. The summed E-state index contributed by atoms with van der Waals surface area (Å²) in [6, 6.07) is 10.1. The minimum atomic E-state index is 0.0837. The van der Waals surface area contributed by atoms with Crippen molar-refractivity contribution in [3.63, 3.8) is 0 Å². The van der Waals surface area contributed by atoms with Crippen LogP contribution in [0.3, 0.4) is 0 Å². The highest BCUT2D eigenvalue weighted by atomic mass is 32.1. The fraction of sp³-hybridized carbons (Fsp3) is 0.500. The first-order valence-corrected chi connectivity index (χ1v) is 10.4. The average Bonchev–Trinajstić information content (AvgIpc) is 3.38. The summed E-state index contributed by atoms with van der Waals surface area (Å²) in [5, 5.41) is 4.17. The van der Waals surface area contributed by atoms with Crippen molar-refractivity contribution >= 4 is 22.4 Å². The molecule has 2 saturated heterocycles. The van der Waals surface area contributed by atoms with E-state index in [0.717, 1.165) is 63.1 Å². The number of anilines is 1. The number of ether oxygens (including phenoxy) is 1. The Balaban J connectivity index is 1.24.